The Labute approximate surface area is 181 Å². The van der Waals surface area contributed by atoms with Gasteiger partial charge in [0.25, 0.3) is 5.91 Å². The van der Waals surface area contributed by atoms with E-state index in [-0.39, 0.29) is 12.2 Å². The van der Waals surface area contributed by atoms with Crippen LogP contribution in [0.2, 0.25) is 5.02 Å². The highest BCUT2D eigenvalue weighted by Gasteiger charge is 2.15. The highest BCUT2D eigenvalue weighted by molar-refractivity contribution is 9.10. The van der Waals surface area contributed by atoms with E-state index in [4.69, 9.17) is 26.8 Å². The lowest BCUT2D eigenvalue weighted by Gasteiger charge is -2.15. The number of nitrogens with two attached hydrogens (primary N) is 1. The molecule has 0 aliphatic rings. The first-order valence-electron chi connectivity index (χ1n) is 8.40. The molecule has 0 saturated heterocycles. The smallest absolute Gasteiger partial charge is 0.319 e. The fraction of sp³-hybridized carbons (Fsp3) is 0.150. The van der Waals surface area contributed by atoms with E-state index in [0.717, 1.165) is 5.56 Å². The maximum absolute atomic E-state index is 11.9. The molecule has 3 N–H and O–H groups in total. The number of benzene rings is 2. The van der Waals surface area contributed by atoms with Gasteiger partial charge in [0.15, 0.2) is 11.5 Å². The molecule has 0 aliphatic heterocycles. The SMILES string of the molecule is CCOc1cc(/C=C(/C#N)C(=O)NC(N)=O)cc(Br)c1OCc1ccccc1Cl. The van der Waals surface area contributed by atoms with Gasteiger partial charge in [0, 0.05) is 10.6 Å². The molecule has 0 aliphatic carbocycles. The minimum atomic E-state index is -1.05. The van der Waals surface area contributed by atoms with Gasteiger partial charge in [-0.2, -0.15) is 5.26 Å². The summed E-state index contributed by atoms with van der Waals surface area (Å²) in [5.74, 6) is -0.0371. The van der Waals surface area contributed by atoms with Gasteiger partial charge in [-0.15, -0.1) is 0 Å². The van der Waals surface area contributed by atoms with Crippen molar-refractivity contribution < 1.29 is 19.1 Å². The molecule has 0 fully saturated rings. The van der Waals surface area contributed by atoms with Gasteiger partial charge in [-0.05, 0) is 52.7 Å². The average molecular weight is 479 g/mol. The lowest BCUT2D eigenvalue weighted by molar-refractivity contribution is -0.115. The predicted octanol–water partition coefficient (Wildman–Crippen LogP) is 4.18. The fourth-order valence-electron chi connectivity index (χ4n) is 2.33. The Morgan fingerprint density at radius 3 is 2.66 bits per heavy atom. The van der Waals surface area contributed by atoms with E-state index < -0.39 is 11.9 Å². The lowest BCUT2D eigenvalue weighted by Crippen LogP contribution is -2.35. The number of carbonyl (C=O) groups excluding carboxylic acids is 2. The summed E-state index contributed by atoms with van der Waals surface area (Å²) in [6.45, 7) is 2.41. The molecule has 0 radical (unpaired) electrons. The van der Waals surface area contributed by atoms with Crippen LogP contribution in [0.15, 0.2) is 46.4 Å². The molecule has 2 rings (SSSR count). The highest BCUT2D eigenvalue weighted by Crippen LogP contribution is 2.38. The van der Waals surface area contributed by atoms with Crippen molar-refractivity contribution in [1.29, 1.82) is 5.26 Å². The third-order valence-electron chi connectivity index (χ3n) is 3.57. The van der Waals surface area contributed by atoms with Crippen LogP contribution in [-0.2, 0) is 11.4 Å². The molecular weight excluding hydrogens is 462 g/mol. The number of carbonyl (C=O) groups is 2. The normalized spacial score (nSPS) is 10.8. The van der Waals surface area contributed by atoms with E-state index in [0.29, 0.717) is 33.2 Å². The van der Waals surface area contributed by atoms with Crippen molar-refractivity contribution in [3.8, 4) is 17.6 Å². The van der Waals surface area contributed by atoms with Crippen molar-refractivity contribution in [2.24, 2.45) is 5.73 Å². The predicted molar refractivity (Wildman–Crippen MR) is 112 cm³/mol. The Kier molecular flexibility index (Phi) is 8.07. The topological polar surface area (TPSA) is 114 Å². The Morgan fingerprint density at radius 2 is 2.03 bits per heavy atom. The molecule has 9 heteroatoms. The Hall–Kier alpha value is -3.02. The fourth-order valence-corrected chi connectivity index (χ4v) is 3.10. The second-order valence-corrected chi connectivity index (χ2v) is 6.89. The minimum Gasteiger partial charge on any atom is -0.490 e. The van der Waals surface area contributed by atoms with Crippen molar-refractivity contribution >= 4 is 45.5 Å². The van der Waals surface area contributed by atoms with E-state index in [9.17, 15) is 14.9 Å². The maximum Gasteiger partial charge on any atom is 0.319 e. The third-order valence-corrected chi connectivity index (χ3v) is 4.53. The summed E-state index contributed by atoms with van der Waals surface area (Å²) in [7, 11) is 0. The minimum absolute atomic E-state index is 0.220. The summed E-state index contributed by atoms with van der Waals surface area (Å²) in [6, 6.07) is 11.3. The number of amides is 3. The number of imide groups is 1. The van der Waals surface area contributed by atoms with Gasteiger partial charge in [0.2, 0.25) is 0 Å². The number of rotatable bonds is 7. The number of nitrogens with zero attached hydrogens (tertiary/aromatic N) is 1. The number of halogens is 2. The molecule has 2 aromatic carbocycles. The maximum atomic E-state index is 11.9. The van der Waals surface area contributed by atoms with Crippen molar-refractivity contribution in [3.05, 3.63) is 62.6 Å². The summed E-state index contributed by atoms with van der Waals surface area (Å²) < 4.78 is 12.1. The van der Waals surface area contributed by atoms with Gasteiger partial charge in [0.05, 0.1) is 11.1 Å². The summed E-state index contributed by atoms with van der Waals surface area (Å²) in [6.07, 6.45) is 1.31. The Bertz CT molecular complexity index is 1000. The van der Waals surface area contributed by atoms with Gasteiger partial charge in [0.1, 0.15) is 18.2 Å². The second kappa shape index (κ2) is 10.5. The van der Waals surface area contributed by atoms with E-state index in [1.807, 2.05) is 30.4 Å². The van der Waals surface area contributed by atoms with Crippen molar-refractivity contribution in [3.63, 3.8) is 0 Å². The molecule has 7 nitrogen and oxygen atoms in total. The van der Waals surface area contributed by atoms with Crippen LogP contribution in [0.5, 0.6) is 11.5 Å². The van der Waals surface area contributed by atoms with Crippen molar-refractivity contribution in [1.82, 2.24) is 5.32 Å². The molecule has 0 aromatic heterocycles. The molecule has 0 unspecified atom stereocenters. The molecule has 29 heavy (non-hydrogen) atoms. The number of nitriles is 1. The summed E-state index contributed by atoms with van der Waals surface area (Å²) in [5.41, 5.74) is 5.92. The summed E-state index contributed by atoms with van der Waals surface area (Å²) in [4.78, 5) is 22.7. The van der Waals surface area contributed by atoms with Gasteiger partial charge >= 0.3 is 6.03 Å². The zero-order chi connectivity index (χ0) is 21.4. The Morgan fingerprint density at radius 1 is 1.31 bits per heavy atom. The van der Waals surface area contributed by atoms with Crippen LogP contribution in [0.25, 0.3) is 6.08 Å². The largest absolute Gasteiger partial charge is 0.490 e. The van der Waals surface area contributed by atoms with Crippen LogP contribution in [0.4, 0.5) is 4.79 Å². The molecule has 0 saturated carbocycles. The first-order valence-corrected chi connectivity index (χ1v) is 9.58. The van der Waals surface area contributed by atoms with Gasteiger partial charge in [-0.3, -0.25) is 10.1 Å². The number of hydrogen-bond donors (Lipinski definition) is 2. The summed E-state index contributed by atoms with van der Waals surface area (Å²) in [5, 5.41) is 11.6. The lowest BCUT2D eigenvalue weighted by atomic mass is 10.1. The van der Waals surface area contributed by atoms with Gasteiger partial charge in [-0.25, -0.2) is 4.79 Å². The monoisotopic (exact) mass is 477 g/mol. The summed E-state index contributed by atoms with van der Waals surface area (Å²) >= 11 is 9.59. The van der Waals surface area contributed by atoms with Crippen LogP contribution in [-0.4, -0.2) is 18.5 Å². The van der Waals surface area contributed by atoms with Crippen molar-refractivity contribution in [2.75, 3.05) is 6.61 Å². The quantitative estimate of drug-likeness (QED) is 0.457. The number of primary amides is 1. The van der Waals surface area contributed by atoms with E-state index >= 15 is 0 Å². The molecule has 2 aromatic rings. The third kappa shape index (κ3) is 6.24. The van der Waals surface area contributed by atoms with Gasteiger partial charge < -0.3 is 15.2 Å². The zero-order valence-electron chi connectivity index (χ0n) is 15.4. The molecule has 0 heterocycles. The second-order valence-electron chi connectivity index (χ2n) is 5.63. The number of urea groups is 1. The van der Waals surface area contributed by atoms with Crippen LogP contribution in [0.1, 0.15) is 18.1 Å². The average Bonchev–Trinajstić information content (AvgIpc) is 2.66. The highest BCUT2D eigenvalue weighted by atomic mass is 79.9. The number of ether oxygens (including phenoxy) is 2. The Balaban J connectivity index is 2.35. The zero-order valence-corrected chi connectivity index (χ0v) is 17.7. The molecule has 0 spiro atoms. The van der Waals surface area contributed by atoms with E-state index in [1.165, 1.54) is 6.08 Å². The molecule has 0 bridgehead atoms. The number of hydrogen-bond acceptors (Lipinski definition) is 5. The first kappa shape index (κ1) is 22.3. The molecule has 0 atom stereocenters. The van der Waals surface area contributed by atoms with E-state index in [2.05, 4.69) is 15.9 Å². The van der Waals surface area contributed by atoms with Gasteiger partial charge in [-0.1, -0.05) is 29.8 Å². The van der Waals surface area contributed by atoms with E-state index in [1.54, 1.807) is 24.3 Å². The van der Waals surface area contributed by atoms with Crippen LogP contribution < -0.4 is 20.5 Å². The van der Waals surface area contributed by atoms with Crippen LogP contribution in [0, 0.1) is 11.3 Å². The molecule has 3 amide bonds. The van der Waals surface area contributed by atoms with Crippen LogP contribution >= 0.6 is 27.5 Å². The van der Waals surface area contributed by atoms with Crippen LogP contribution in [0.3, 0.4) is 0 Å². The number of nitrogens with one attached hydrogen (secondary N) is 1. The first-order chi connectivity index (χ1) is 13.8. The van der Waals surface area contributed by atoms with Crippen molar-refractivity contribution in [2.45, 2.75) is 13.5 Å². The standard InChI is InChI=1S/C20H17BrClN3O4/c1-2-28-17-9-12(7-14(10-23)19(26)25-20(24)27)8-15(21)18(17)29-11-13-5-3-4-6-16(13)22/h3-9H,2,11H2,1H3,(H3,24,25,26,27)/b14-7-. The molecular formula is C20H17BrClN3O4. The molecule has 150 valence electrons.